The Kier molecular flexibility index (Phi) is 2.20. The lowest BCUT2D eigenvalue weighted by Gasteiger charge is -1.94. The third-order valence-corrected chi connectivity index (χ3v) is 1.17. The van der Waals surface area contributed by atoms with Gasteiger partial charge < -0.3 is 0 Å². The Morgan fingerprint density at radius 1 is 1.70 bits per heavy atom. The van der Waals surface area contributed by atoms with Crippen LogP contribution in [0.15, 0.2) is 18.6 Å². The van der Waals surface area contributed by atoms with E-state index in [0.29, 0.717) is 6.61 Å². The molecule has 0 atom stereocenters. The van der Waals surface area contributed by atoms with Gasteiger partial charge in [0.05, 0.1) is 12.4 Å². The zero-order valence-corrected chi connectivity index (χ0v) is 6.24. The molecule has 0 saturated carbocycles. The quantitative estimate of drug-likeness (QED) is 0.544. The molecule has 0 fully saturated rings. The van der Waals surface area contributed by atoms with E-state index in [2.05, 4.69) is 4.98 Å². The van der Waals surface area contributed by atoms with Gasteiger partial charge in [0.1, 0.15) is 0 Å². The molecule has 1 heterocycles. The summed E-state index contributed by atoms with van der Waals surface area (Å²) in [4.78, 5) is 9.14. The first kappa shape index (κ1) is 6.99. The minimum absolute atomic E-state index is 0.676. The molecule has 0 aliphatic carbocycles. The zero-order valence-electron chi connectivity index (χ0n) is 6.24. The largest absolute Gasteiger partial charge is 0.271 e. The summed E-state index contributed by atoms with van der Waals surface area (Å²) in [5.41, 5.74) is 1.00. The van der Waals surface area contributed by atoms with E-state index >= 15 is 0 Å². The molecule has 0 amide bonds. The second-order valence-electron chi connectivity index (χ2n) is 1.96. The second kappa shape index (κ2) is 3.15. The van der Waals surface area contributed by atoms with E-state index in [9.17, 15) is 0 Å². The van der Waals surface area contributed by atoms with Crippen LogP contribution >= 0.6 is 0 Å². The number of rotatable bonds is 2. The predicted octanol–water partition coefficient (Wildman–Crippen LogP) is 0.126. The fourth-order valence-electron chi connectivity index (χ4n) is 0.708. The van der Waals surface area contributed by atoms with Gasteiger partial charge in [-0.1, -0.05) is 0 Å². The van der Waals surface area contributed by atoms with Gasteiger partial charge in [-0.3, -0.25) is 9.82 Å². The van der Waals surface area contributed by atoms with Crippen molar-refractivity contribution in [2.75, 3.05) is 6.61 Å². The first-order valence-electron chi connectivity index (χ1n) is 3.30. The molecular formula is C7H11N2O+. The van der Waals surface area contributed by atoms with Gasteiger partial charge in [0.15, 0.2) is 6.61 Å². The molecule has 1 aromatic heterocycles. The Balaban J connectivity index is 2.81. The van der Waals surface area contributed by atoms with Crippen LogP contribution < -0.4 is 9.57 Å². The van der Waals surface area contributed by atoms with E-state index in [-0.39, 0.29) is 0 Å². The Labute approximate surface area is 60.2 Å². The second-order valence-corrected chi connectivity index (χ2v) is 1.96. The van der Waals surface area contributed by atoms with Crippen LogP contribution in [0.5, 0.6) is 0 Å². The molecule has 54 valence electrons. The molecule has 0 N–H and O–H groups in total. The van der Waals surface area contributed by atoms with Gasteiger partial charge in [0.2, 0.25) is 11.9 Å². The fraction of sp³-hybridized carbons (Fsp3) is 0.429. The topological polar surface area (TPSA) is 26.0 Å². The van der Waals surface area contributed by atoms with Crippen LogP contribution in [0.2, 0.25) is 0 Å². The summed E-state index contributed by atoms with van der Waals surface area (Å²) in [5.74, 6) is 0. The molecule has 0 radical (unpaired) electrons. The lowest BCUT2D eigenvalue weighted by atomic mass is 10.5. The van der Waals surface area contributed by atoms with E-state index in [1.165, 1.54) is 0 Å². The van der Waals surface area contributed by atoms with Gasteiger partial charge in [0.25, 0.3) is 0 Å². The van der Waals surface area contributed by atoms with Crippen molar-refractivity contribution in [3.63, 3.8) is 0 Å². The summed E-state index contributed by atoms with van der Waals surface area (Å²) in [5, 5.41) is 0. The van der Waals surface area contributed by atoms with Crippen molar-refractivity contribution in [2.24, 2.45) is 0 Å². The van der Waals surface area contributed by atoms with Crippen LogP contribution in [-0.4, -0.2) is 11.6 Å². The summed E-state index contributed by atoms with van der Waals surface area (Å²) >= 11 is 0. The van der Waals surface area contributed by atoms with Gasteiger partial charge in [-0.2, -0.15) is 0 Å². The highest BCUT2D eigenvalue weighted by atomic mass is 16.7. The van der Waals surface area contributed by atoms with Crippen molar-refractivity contribution in [3.8, 4) is 0 Å². The molecule has 1 rings (SSSR count). The highest BCUT2D eigenvalue weighted by molar-refractivity contribution is 4.79. The van der Waals surface area contributed by atoms with E-state index in [4.69, 9.17) is 4.84 Å². The smallest absolute Gasteiger partial charge is 0.249 e. The minimum atomic E-state index is 0.676. The first-order valence-corrected chi connectivity index (χ1v) is 3.30. The summed E-state index contributed by atoms with van der Waals surface area (Å²) in [6.07, 6.45) is 5.25. The monoisotopic (exact) mass is 139 g/mol. The van der Waals surface area contributed by atoms with Crippen molar-refractivity contribution >= 4 is 0 Å². The molecule has 0 saturated heterocycles. The van der Waals surface area contributed by atoms with E-state index in [1.54, 1.807) is 23.3 Å². The van der Waals surface area contributed by atoms with Gasteiger partial charge in [-0.05, 0) is 6.92 Å². The molecule has 0 unspecified atom stereocenters. The van der Waals surface area contributed by atoms with Crippen molar-refractivity contribution in [2.45, 2.75) is 13.8 Å². The Morgan fingerprint density at radius 3 is 3.10 bits per heavy atom. The number of hydrogen-bond donors (Lipinski definition) is 0. The van der Waals surface area contributed by atoms with Crippen molar-refractivity contribution in [3.05, 3.63) is 24.3 Å². The number of aromatic nitrogens is 2. The third-order valence-electron chi connectivity index (χ3n) is 1.17. The van der Waals surface area contributed by atoms with Gasteiger partial charge >= 0.3 is 0 Å². The molecule has 10 heavy (non-hydrogen) atoms. The standard InChI is InChI=1S/C7H11N2O/c1-3-10-9-5-4-8-6-7(9)2/h4-6H,3H2,1-2H3/q+1. The molecule has 0 aromatic carbocycles. The summed E-state index contributed by atoms with van der Waals surface area (Å²) < 4.78 is 1.70. The molecule has 0 spiro atoms. The molecule has 1 aromatic rings. The zero-order chi connectivity index (χ0) is 7.40. The molecule has 0 aliphatic heterocycles. The summed E-state index contributed by atoms with van der Waals surface area (Å²) in [6.45, 7) is 4.57. The first-order chi connectivity index (χ1) is 4.84. The van der Waals surface area contributed by atoms with Crippen LogP contribution in [0.1, 0.15) is 12.6 Å². The number of aryl methyl sites for hydroxylation is 1. The third kappa shape index (κ3) is 1.43. The average Bonchev–Trinajstić information content (AvgIpc) is 1.94. The highest BCUT2D eigenvalue weighted by Gasteiger charge is 2.03. The number of nitrogens with zero attached hydrogens (tertiary/aromatic N) is 2. The van der Waals surface area contributed by atoms with Crippen molar-refractivity contribution < 1.29 is 9.57 Å². The molecule has 3 heteroatoms. The fourth-order valence-corrected chi connectivity index (χ4v) is 0.708. The van der Waals surface area contributed by atoms with Gasteiger partial charge in [0, 0.05) is 11.7 Å². The van der Waals surface area contributed by atoms with Crippen LogP contribution in [0, 0.1) is 6.92 Å². The summed E-state index contributed by atoms with van der Waals surface area (Å²) in [6, 6.07) is 0. The molecular weight excluding hydrogens is 128 g/mol. The SMILES string of the molecule is CCO[n+]1ccncc1C. The summed E-state index contributed by atoms with van der Waals surface area (Å²) in [7, 11) is 0. The van der Waals surface area contributed by atoms with E-state index in [0.717, 1.165) is 5.69 Å². The molecule has 3 nitrogen and oxygen atoms in total. The average molecular weight is 139 g/mol. The van der Waals surface area contributed by atoms with Crippen LogP contribution in [0.4, 0.5) is 0 Å². The van der Waals surface area contributed by atoms with Crippen molar-refractivity contribution in [1.82, 2.24) is 4.98 Å². The maximum Gasteiger partial charge on any atom is 0.249 e. The van der Waals surface area contributed by atoms with Crippen LogP contribution in [0.25, 0.3) is 0 Å². The number of hydrogen-bond acceptors (Lipinski definition) is 2. The predicted molar refractivity (Wildman–Crippen MR) is 36.3 cm³/mol. The lowest BCUT2D eigenvalue weighted by molar-refractivity contribution is -0.895. The van der Waals surface area contributed by atoms with Crippen molar-refractivity contribution in [1.29, 1.82) is 0 Å². The Morgan fingerprint density at radius 2 is 2.50 bits per heavy atom. The van der Waals surface area contributed by atoms with Crippen LogP contribution in [-0.2, 0) is 0 Å². The molecule has 0 bridgehead atoms. The normalized spacial score (nSPS) is 9.40. The van der Waals surface area contributed by atoms with Gasteiger partial charge in [-0.15, -0.1) is 0 Å². The maximum atomic E-state index is 5.21. The van der Waals surface area contributed by atoms with E-state index in [1.807, 2.05) is 13.8 Å². The maximum absolute atomic E-state index is 5.21. The minimum Gasteiger partial charge on any atom is -0.271 e. The Hall–Kier alpha value is -1.12. The highest BCUT2D eigenvalue weighted by Crippen LogP contribution is 1.79. The van der Waals surface area contributed by atoms with Crippen LogP contribution in [0.3, 0.4) is 0 Å². The van der Waals surface area contributed by atoms with Gasteiger partial charge in [-0.25, -0.2) is 0 Å². The molecule has 0 aliphatic rings. The lowest BCUT2D eigenvalue weighted by Crippen LogP contribution is -2.44. The Bertz CT molecular complexity index is 213. The van der Waals surface area contributed by atoms with E-state index < -0.39 is 0 Å².